The number of esters is 1. The van der Waals surface area contributed by atoms with E-state index < -0.39 is 5.97 Å². The van der Waals surface area contributed by atoms with Gasteiger partial charge in [0.25, 0.3) is 5.91 Å². The number of amides is 1. The minimum absolute atomic E-state index is 0.153. The highest BCUT2D eigenvalue weighted by Gasteiger charge is 2.33. The molecule has 1 aliphatic rings. The quantitative estimate of drug-likeness (QED) is 0.481. The Hall–Kier alpha value is -1.92. The van der Waals surface area contributed by atoms with Gasteiger partial charge in [0.15, 0.2) is 0 Å². The van der Waals surface area contributed by atoms with Gasteiger partial charge < -0.3 is 4.74 Å². The number of rotatable bonds is 4. The number of nitrogens with zero attached hydrogens (tertiary/aromatic N) is 1. The molecule has 0 radical (unpaired) electrons. The third-order valence-corrected chi connectivity index (χ3v) is 4.32. The van der Waals surface area contributed by atoms with Crippen LogP contribution >= 0.6 is 24.0 Å². The zero-order valence-electron chi connectivity index (χ0n) is 12.2. The maximum atomic E-state index is 12.3. The summed E-state index contributed by atoms with van der Waals surface area (Å²) in [4.78, 5) is 25.4. The second kappa shape index (κ2) is 7.38. The van der Waals surface area contributed by atoms with Crippen molar-refractivity contribution in [2.45, 2.75) is 6.92 Å². The molecule has 0 N–H and O–H groups in total. The fourth-order valence-electron chi connectivity index (χ4n) is 1.89. The van der Waals surface area contributed by atoms with E-state index in [-0.39, 0.29) is 12.5 Å². The molecule has 0 saturated carbocycles. The summed E-state index contributed by atoms with van der Waals surface area (Å²) in [5.74, 6) is -0.754. The summed E-state index contributed by atoms with van der Waals surface area (Å²) in [6.45, 7) is 1.76. The second-order valence-electron chi connectivity index (χ2n) is 4.64. The molecule has 0 atom stereocenters. The Labute approximate surface area is 138 Å². The Kier molecular flexibility index (Phi) is 5.51. The lowest BCUT2D eigenvalue weighted by Crippen LogP contribution is -2.34. The normalized spacial score (nSPS) is 17.3. The summed E-state index contributed by atoms with van der Waals surface area (Å²) in [6.07, 6.45) is 3.76. The molecule has 22 heavy (non-hydrogen) atoms. The van der Waals surface area contributed by atoms with Crippen molar-refractivity contribution in [1.82, 2.24) is 4.90 Å². The summed E-state index contributed by atoms with van der Waals surface area (Å²) in [7, 11) is 1.28. The fraction of sp³-hybridized carbons (Fsp3) is 0.188. The van der Waals surface area contributed by atoms with Crippen molar-refractivity contribution in [2.24, 2.45) is 0 Å². The maximum Gasteiger partial charge on any atom is 0.325 e. The van der Waals surface area contributed by atoms with Crippen LogP contribution in [0.4, 0.5) is 0 Å². The SMILES string of the molecule is COC(=O)CN1C(=O)C(=CC(C)=Cc2ccccc2)SC1=S. The van der Waals surface area contributed by atoms with Gasteiger partial charge in [-0.3, -0.25) is 14.5 Å². The first-order valence-corrected chi connectivity index (χ1v) is 7.79. The van der Waals surface area contributed by atoms with Crippen LogP contribution in [-0.4, -0.2) is 34.8 Å². The highest BCUT2D eigenvalue weighted by Crippen LogP contribution is 2.31. The van der Waals surface area contributed by atoms with E-state index in [1.807, 2.05) is 43.3 Å². The van der Waals surface area contributed by atoms with Gasteiger partial charge in [-0.2, -0.15) is 0 Å². The monoisotopic (exact) mass is 333 g/mol. The van der Waals surface area contributed by atoms with Crippen LogP contribution in [0.2, 0.25) is 0 Å². The molecular weight excluding hydrogens is 318 g/mol. The average molecular weight is 333 g/mol. The zero-order chi connectivity index (χ0) is 16.1. The molecule has 0 aliphatic carbocycles. The Morgan fingerprint density at radius 3 is 2.68 bits per heavy atom. The largest absolute Gasteiger partial charge is 0.468 e. The molecule has 1 amide bonds. The molecule has 0 spiro atoms. The Morgan fingerprint density at radius 2 is 2.05 bits per heavy atom. The number of thiocarbonyl (C=S) groups is 1. The number of allylic oxidation sites excluding steroid dienone is 2. The van der Waals surface area contributed by atoms with Gasteiger partial charge in [-0.15, -0.1) is 0 Å². The molecular formula is C16H15NO3S2. The van der Waals surface area contributed by atoms with Gasteiger partial charge in [0.1, 0.15) is 10.9 Å². The fourth-order valence-corrected chi connectivity index (χ4v) is 3.20. The average Bonchev–Trinajstić information content (AvgIpc) is 2.75. The van der Waals surface area contributed by atoms with Crippen LogP contribution in [0.15, 0.2) is 46.9 Å². The molecule has 2 rings (SSSR count). The van der Waals surface area contributed by atoms with Crippen LogP contribution in [0.1, 0.15) is 12.5 Å². The smallest absolute Gasteiger partial charge is 0.325 e. The first kappa shape index (κ1) is 16.5. The van der Waals surface area contributed by atoms with Gasteiger partial charge in [0.05, 0.1) is 12.0 Å². The molecule has 0 bridgehead atoms. The molecule has 1 fully saturated rings. The molecule has 0 aromatic heterocycles. The highest BCUT2D eigenvalue weighted by atomic mass is 32.2. The van der Waals surface area contributed by atoms with Crippen molar-refractivity contribution in [3.05, 3.63) is 52.4 Å². The number of carbonyl (C=O) groups excluding carboxylic acids is 2. The zero-order valence-corrected chi connectivity index (χ0v) is 13.9. The predicted molar refractivity (Wildman–Crippen MR) is 92.1 cm³/mol. The number of hydrogen-bond donors (Lipinski definition) is 0. The number of benzene rings is 1. The van der Waals surface area contributed by atoms with Gasteiger partial charge in [0.2, 0.25) is 0 Å². The lowest BCUT2D eigenvalue weighted by atomic mass is 10.1. The Balaban J connectivity index is 2.16. The van der Waals surface area contributed by atoms with Crippen molar-refractivity contribution in [1.29, 1.82) is 0 Å². The summed E-state index contributed by atoms with van der Waals surface area (Å²) in [5.41, 5.74) is 1.99. The van der Waals surface area contributed by atoms with E-state index in [0.29, 0.717) is 9.23 Å². The van der Waals surface area contributed by atoms with E-state index >= 15 is 0 Å². The van der Waals surface area contributed by atoms with Crippen molar-refractivity contribution in [3.63, 3.8) is 0 Å². The number of thioether (sulfide) groups is 1. The van der Waals surface area contributed by atoms with E-state index in [1.165, 1.54) is 23.8 Å². The molecule has 114 valence electrons. The molecule has 1 aliphatic heterocycles. The molecule has 1 aromatic carbocycles. The highest BCUT2D eigenvalue weighted by molar-refractivity contribution is 8.26. The van der Waals surface area contributed by atoms with Gasteiger partial charge in [-0.1, -0.05) is 60.4 Å². The van der Waals surface area contributed by atoms with Crippen LogP contribution in [-0.2, 0) is 14.3 Å². The number of hydrogen-bond acceptors (Lipinski definition) is 5. The van der Waals surface area contributed by atoms with Crippen molar-refractivity contribution in [2.75, 3.05) is 13.7 Å². The molecule has 0 unspecified atom stereocenters. The van der Waals surface area contributed by atoms with Crippen LogP contribution in [0.25, 0.3) is 6.08 Å². The van der Waals surface area contributed by atoms with E-state index in [1.54, 1.807) is 6.08 Å². The minimum Gasteiger partial charge on any atom is -0.468 e. The minimum atomic E-state index is -0.492. The molecule has 1 saturated heterocycles. The first-order valence-electron chi connectivity index (χ1n) is 6.57. The van der Waals surface area contributed by atoms with Crippen molar-refractivity contribution in [3.8, 4) is 0 Å². The van der Waals surface area contributed by atoms with Crippen LogP contribution in [0.3, 0.4) is 0 Å². The third-order valence-electron chi connectivity index (χ3n) is 2.94. The molecule has 1 heterocycles. The van der Waals surface area contributed by atoms with Crippen LogP contribution in [0, 0.1) is 0 Å². The summed E-state index contributed by atoms with van der Waals surface area (Å²) >= 11 is 6.34. The lowest BCUT2D eigenvalue weighted by Gasteiger charge is -2.11. The second-order valence-corrected chi connectivity index (χ2v) is 6.32. The number of ether oxygens (including phenoxy) is 1. The number of carbonyl (C=O) groups is 2. The third kappa shape index (κ3) is 4.05. The van der Waals surface area contributed by atoms with E-state index in [9.17, 15) is 9.59 Å². The van der Waals surface area contributed by atoms with Crippen molar-refractivity contribution >= 4 is 46.3 Å². The Bertz CT molecular complexity index is 665. The number of methoxy groups -OCH3 is 1. The van der Waals surface area contributed by atoms with E-state index in [2.05, 4.69) is 4.74 Å². The van der Waals surface area contributed by atoms with Gasteiger partial charge in [0, 0.05) is 0 Å². The predicted octanol–water partition coefficient (Wildman–Crippen LogP) is 3.01. The summed E-state index contributed by atoms with van der Waals surface area (Å²) in [5, 5.41) is 0. The van der Waals surface area contributed by atoms with Crippen molar-refractivity contribution < 1.29 is 14.3 Å². The van der Waals surface area contributed by atoms with Crippen LogP contribution in [0.5, 0.6) is 0 Å². The lowest BCUT2D eigenvalue weighted by molar-refractivity contribution is -0.143. The topological polar surface area (TPSA) is 46.6 Å². The summed E-state index contributed by atoms with van der Waals surface area (Å²) < 4.78 is 4.94. The first-order chi connectivity index (χ1) is 10.5. The standard InChI is InChI=1S/C16H15NO3S2/c1-11(8-12-6-4-3-5-7-12)9-13-15(19)17(16(21)22-13)10-14(18)20-2/h3-9H,10H2,1-2H3. The molecule has 1 aromatic rings. The maximum absolute atomic E-state index is 12.3. The molecule has 6 heteroatoms. The van der Waals surface area contributed by atoms with E-state index in [4.69, 9.17) is 12.2 Å². The van der Waals surface area contributed by atoms with Crippen LogP contribution < -0.4 is 0 Å². The Morgan fingerprint density at radius 1 is 1.36 bits per heavy atom. The summed E-state index contributed by atoms with van der Waals surface area (Å²) in [6, 6.07) is 9.83. The van der Waals surface area contributed by atoms with Gasteiger partial charge in [-0.25, -0.2) is 0 Å². The van der Waals surface area contributed by atoms with Gasteiger partial charge >= 0.3 is 5.97 Å². The van der Waals surface area contributed by atoms with E-state index in [0.717, 1.165) is 11.1 Å². The molecule has 4 nitrogen and oxygen atoms in total. The van der Waals surface area contributed by atoms with Gasteiger partial charge in [-0.05, 0) is 24.1 Å².